The molecule has 0 saturated heterocycles. The molecule has 0 unspecified atom stereocenters. The first-order valence-corrected chi connectivity index (χ1v) is 12.8. The molecule has 3 aromatic heterocycles. The second kappa shape index (κ2) is 20.2. The van der Waals surface area contributed by atoms with Crippen LogP contribution in [0.1, 0.15) is 52.9 Å². The van der Waals surface area contributed by atoms with Gasteiger partial charge in [0.1, 0.15) is 17.1 Å². The molecule has 0 atom stereocenters. The summed E-state index contributed by atoms with van der Waals surface area (Å²) in [6.45, 7) is 4.55. The third kappa shape index (κ3) is 18.0. The number of ether oxygens (including phenoxy) is 3. The van der Waals surface area contributed by atoms with E-state index >= 15 is 0 Å². The minimum atomic E-state index is -4.65. The Labute approximate surface area is 273 Å². The predicted molar refractivity (Wildman–Crippen MR) is 142 cm³/mol. The number of carbonyl (C=O) groups is 3. The SMILES string of the molecule is CCOC(=O)C#CC(F)(F)F.CCOC(=O)c1cn(C)nc1C(F)(F)F.CCOC(=O)c1nn(C)cc1C(F)(F)F.C[n+]1cc([O-])on1.[B]. The van der Waals surface area contributed by atoms with Gasteiger partial charge in [-0.25, -0.2) is 14.4 Å². The number of esters is 3. The van der Waals surface area contributed by atoms with E-state index in [1.165, 1.54) is 51.7 Å². The van der Waals surface area contributed by atoms with Crippen LogP contribution in [0.4, 0.5) is 39.5 Å². The molecule has 3 rings (SSSR count). The van der Waals surface area contributed by atoms with Gasteiger partial charge in [0.25, 0.3) is 0 Å². The molecule has 3 radical (unpaired) electrons. The van der Waals surface area contributed by atoms with Crippen LogP contribution in [0, 0.1) is 11.8 Å². The van der Waals surface area contributed by atoms with Crippen LogP contribution >= 0.6 is 0 Å². The van der Waals surface area contributed by atoms with Crippen LogP contribution in [0.5, 0.6) is 5.95 Å². The predicted octanol–water partition coefficient (Wildman–Crippen LogP) is 2.54. The van der Waals surface area contributed by atoms with Gasteiger partial charge in [-0.3, -0.25) is 9.36 Å². The van der Waals surface area contributed by atoms with Gasteiger partial charge >= 0.3 is 36.4 Å². The largest absolute Gasteiger partial charge is 0.539 e. The molecule has 14 nitrogen and oxygen atoms in total. The van der Waals surface area contributed by atoms with Gasteiger partial charge in [0.05, 0.1) is 25.1 Å². The summed E-state index contributed by atoms with van der Waals surface area (Å²) in [5.41, 5.74) is -3.56. The van der Waals surface area contributed by atoms with Crippen LogP contribution in [-0.2, 0) is 52.5 Å². The summed E-state index contributed by atoms with van der Waals surface area (Å²) in [6.07, 6.45) is -10.9. The Morgan fingerprint density at radius 2 is 1.37 bits per heavy atom. The average molecular weight is 721 g/mol. The number of rotatable bonds is 5. The van der Waals surface area contributed by atoms with Crippen molar-refractivity contribution in [3.05, 3.63) is 41.1 Å². The molecule has 49 heavy (non-hydrogen) atoms. The van der Waals surface area contributed by atoms with Gasteiger partial charge in [0.15, 0.2) is 18.4 Å². The van der Waals surface area contributed by atoms with Crippen molar-refractivity contribution in [1.82, 2.24) is 24.8 Å². The normalized spacial score (nSPS) is 10.6. The van der Waals surface area contributed by atoms with E-state index in [0.717, 1.165) is 27.7 Å². The molecule has 0 aliphatic rings. The molecule has 24 heteroatoms. The van der Waals surface area contributed by atoms with Gasteiger partial charge in [-0.05, 0) is 20.8 Å². The van der Waals surface area contributed by atoms with Crippen LogP contribution < -0.4 is 9.79 Å². The van der Waals surface area contributed by atoms with Gasteiger partial charge in [0.2, 0.25) is 6.20 Å². The van der Waals surface area contributed by atoms with E-state index in [1.807, 2.05) is 0 Å². The molecule has 0 saturated carbocycles. The molecule has 0 amide bonds. The lowest BCUT2D eigenvalue weighted by Crippen LogP contribution is -2.27. The van der Waals surface area contributed by atoms with Crippen LogP contribution in [-0.4, -0.2) is 77.2 Å². The number of aryl methyl sites for hydroxylation is 3. The zero-order valence-electron chi connectivity index (χ0n) is 26.3. The maximum Gasteiger partial charge on any atom is 0.458 e. The van der Waals surface area contributed by atoms with Crippen molar-refractivity contribution in [2.75, 3.05) is 19.8 Å². The van der Waals surface area contributed by atoms with Gasteiger partial charge in [0, 0.05) is 46.7 Å². The third-order valence-electron chi connectivity index (χ3n) is 4.33. The highest BCUT2D eigenvalue weighted by Crippen LogP contribution is 2.32. The van der Waals surface area contributed by atoms with E-state index in [0.29, 0.717) is 0 Å². The zero-order valence-corrected chi connectivity index (χ0v) is 26.3. The number of nitrogens with zero attached hydrogens (tertiary/aromatic N) is 6. The van der Waals surface area contributed by atoms with Crippen LogP contribution in [0.15, 0.2) is 23.1 Å². The van der Waals surface area contributed by atoms with Crippen molar-refractivity contribution >= 4 is 26.3 Å². The molecule has 0 spiro atoms. The third-order valence-corrected chi connectivity index (χ3v) is 4.33. The Kier molecular flexibility index (Phi) is 18.9. The number of aromatic nitrogens is 6. The molecule has 0 aromatic carbocycles. The maximum absolute atomic E-state index is 12.4. The summed E-state index contributed by atoms with van der Waals surface area (Å²) in [5.74, 6) is -1.59. The fourth-order valence-corrected chi connectivity index (χ4v) is 2.70. The van der Waals surface area contributed by atoms with E-state index < -0.39 is 64.9 Å². The quantitative estimate of drug-likeness (QED) is 0.0723. The maximum atomic E-state index is 12.4. The Morgan fingerprint density at radius 3 is 1.76 bits per heavy atom. The van der Waals surface area contributed by atoms with Crippen molar-refractivity contribution in [2.24, 2.45) is 21.1 Å². The minimum Gasteiger partial charge on any atom is -0.539 e. The molecule has 0 fully saturated rings. The van der Waals surface area contributed by atoms with Gasteiger partial charge in [-0.1, -0.05) is 4.68 Å². The fourth-order valence-electron chi connectivity index (χ4n) is 2.70. The number of alkyl halides is 9. The van der Waals surface area contributed by atoms with Crippen LogP contribution in [0.25, 0.3) is 0 Å². The molecule has 271 valence electrons. The molecule has 0 aliphatic carbocycles. The van der Waals surface area contributed by atoms with E-state index in [4.69, 9.17) is 0 Å². The number of hydrogen-bond donors (Lipinski definition) is 0. The van der Waals surface area contributed by atoms with Crippen molar-refractivity contribution in [1.29, 1.82) is 0 Å². The van der Waals surface area contributed by atoms with E-state index in [2.05, 4.69) is 34.2 Å². The Bertz CT molecular complexity index is 1470. The minimum absolute atomic E-state index is 0. The lowest BCUT2D eigenvalue weighted by atomic mass is 10.2. The summed E-state index contributed by atoms with van der Waals surface area (Å²) < 4.78 is 129. The highest BCUT2D eigenvalue weighted by atomic mass is 19.4. The summed E-state index contributed by atoms with van der Waals surface area (Å²) >= 11 is 0. The lowest BCUT2D eigenvalue weighted by molar-refractivity contribution is -0.739. The van der Waals surface area contributed by atoms with Gasteiger partial charge in [-0.15, -0.1) is 0 Å². The molecule has 3 aromatic rings. The summed E-state index contributed by atoms with van der Waals surface area (Å²) in [5, 5.41) is 19.9. The van der Waals surface area contributed by atoms with Crippen molar-refractivity contribution in [3.63, 3.8) is 0 Å². The molecular weight excluding hydrogens is 694 g/mol. The standard InChI is InChI=1S/2C8H9F3N2O2.C6H5F3O2.C3H4N2O2.B/c1-3-15-7(14)6-5(8(9,10)11)4-13(2)12-6;1-3-15-7(14)5-4-13(2)12-6(5)8(9,10)11;1-2-11-5(10)3-4-6(7,8)9;1-5-2-3(6)7-4-5;/h2*4H,3H2,1-2H3;2H2,1H3;2H,1H3;. The highest BCUT2D eigenvalue weighted by Gasteiger charge is 2.40. The number of halogens is 9. The fraction of sp³-hybridized carbons (Fsp3) is 0.480. The Hall–Kier alpha value is -5.24. The van der Waals surface area contributed by atoms with E-state index in [9.17, 15) is 59.0 Å². The summed E-state index contributed by atoms with van der Waals surface area (Å²) in [7, 11) is 4.22. The van der Waals surface area contributed by atoms with E-state index in [1.54, 1.807) is 7.05 Å². The number of carbonyl (C=O) groups excluding carboxylic acids is 3. The highest BCUT2D eigenvalue weighted by molar-refractivity contribution is 5.90. The van der Waals surface area contributed by atoms with Gasteiger partial charge < -0.3 is 23.8 Å². The second-order valence-electron chi connectivity index (χ2n) is 8.23. The van der Waals surface area contributed by atoms with Crippen molar-refractivity contribution < 1.29 is 82.4 Å². The first kappa shape index (κ1) is 45.9. The number of hydrogen-bond acceptors (Lipinski definition) is 11. The van der Waals surface area contributed by atoms with Crippen LogP contribution in [0.3, 0.4) is 0 Å². The molecule has 0 aliphatic heterocycles. The first-order chi connectivity index (χ1) is 22.0. The molecular formula is C25H27BF9N6O8. The van der Waals surface area contributed by atoms with Crippen LogP contribution in [0.2, 0.25) is 0 Å². The molecule has 0 N–H and O–H groups in total. The second-order valence-corrected chi connectivity index (χ2v) is 8.23. The van der Waals surface area contributed by atoms with Gasteiger partial charge in [-0.2, -0.15) is 49.7 Å². The Balaban J connectivity index is 0. The van der Waals surface area contributed by atoms with Crippen molar-refractivity contribution in [2.45, 2.75) is 39.3 Å². The smallest absolute Gasteiger partial charge is 0.458 e. The summed E-state index contributed by atoms with van der Waals surface area (Å²) in [4.78, 5) is 32.5. The average Bonchev–Trinajstić information content (AvgIpc) is 3.66. The Morgan fingerprint density at radius 1 is 0.857 bits per heavy atom. The zero-order chi connectivity index (χ0) is 37.5. The topological polar surface area (TPSA) is 168 Å². The van der Waals surface area contributed by atoms with E-state index in [-0.39, 0.29) is 28.2 Å². The summed E-state index contributed by atoms with van der Waals surface area (Å²) in [6, 6.07) is 0. The molecule has 0 bridgehead atoms. The lowest BCUT2D eigenvalue weighted by Gasteiger charge is -2.05. The first-order valence-electron chi connectivity index (χ1n) is 12.8. The molecule has 3 heterocycles. The van der Waals surface area contributed by atoms with Crippen molar-refractivity contribution in [3.8, 4) is 17.8 Å². The monoisotopic (exact) mass is 721 g/mol.